The van der Waals surface area contributed by atoms with Crippen LogP contribution in [-0.4, -0.2) is 58.4 Å². The van der Waals surface area contributed by atoms with Crippen molar-refractivity contribution in [2.75, 3.05) is 26.2 Å². The molecule has 1 atom stereocenters. The summed E-state index contributed by atoms with van der Waals surface area (Å²) in [5.74, 6) is 0.0913. The topological polar surface area (TPSA) is 81.2 Å². The molecule has 0 unspecified atom stereocenters. The van der Waals surface area contributed by atoms with E-state index in [1.165, 1.54) is 12.8 Å². The Kier molecular flexibility index (Phi) is 6.69. The maximum absolute atomic E-state index is 11.7. The fourth-order valence-corrected chi connectivity index (χ4v) is 2.83. The first-order valence-electron chi connectivity index (χ1n) is 7.89. The molecule has 1 amide bonds. The molecule has 0 bridgehead atoms. The van der Waals surface area contributed by atoms with Gasteiger partial charge in [-0.25, -0.2) is 0 Å². The standard InChI is InChI=1S/C15H26N4O2/c20-12-14-4-1-2-8-19(14)9-3-7-16-15(21)6-5-13-10-17-18-11-13/h10-11,14,20H,1-9,12H2,(H,16,21)(H,17,18)/t14-/m1/s1. The average molecular weight is 294 g/mol. The van der Waals surface area contributed by atoms with Gasteiger partial charge in [-0.3, -0.25) is 14.8 Å². The molecule has 6 nitrogen and oxygen atoms in total. The molecule has 1 fully saturated rings. The van der Waals surface area contributed by atoms with Crippen LogP contribution in [0.15, 0.2) is 12.4 Å². The molecule has 1 saturated heterocycles. The van der Waals surface area contributed by atoms with Gasteiger partial charge in [0, 0.05) is 31.7 Å². The van der Waals surface area contributed by atoms with E-state index in [9.17, 15) is 9.90 Å². The maximum Gasteiger partial charge on any atom is 0.220 e. The Morgan fingerprint density at radius 2 is 2.43 bits per heavy atom. The van der Waals surface area contributed by atoms with Crippen molar-refractivity contribution in [1.82, 2.24) is 20.4 Å². The molecule has 0 aliphatic carbocycles. The highest BCUT2D eigenvalue weighted by molar-refractivity contribution is 5.76. The average Bonchev–Trinajstić information content (AvgIpc) is 3.03. The summed E-state index contributed by atoms with van der Waals surface area (Å²) >= 11 is 0. The zero-order chi connectivity index (χ0) is 14.9. The Bertz CT molecular complexity index is 408. The van der Waals surface area contributed by atoms with E-state index < -0.39 is 0 Å². The number of carbonyl (C=O) groups is 1. The zero-order valence-electron chi connectivity index (χ0n) is 12.6. The Morgan fingerprint density at radius 3 is 3.19 bits per heavy atom. The van der Waals surface area contributed by atoms with Gasteiger partial charge in [0.2, 0.25) is 5.91 Å². The molecular weight excluding hydrogens is 268 g/mol. The second kappa shape index (κ2) is 8.79. The number of aromatic nitrogens is 2. The van der Waals surface area contributed by atoms with Gasteiger partial charge >= 0.3 is 0 Å². The van der Waals surface area contributed by atoms with Crippen molar-refractivity contribution in [3.63, 3.8) is 0 Å². The van der Waals surface area contributed by atoms with Gasteiger partial charge in [0.1, 0.15) is 0 Å². The first-order chi connectivity index (χ1) is 10.3. The third-order valence-electron chi connectivity index (χ3n) is 4.10. The van der Waals surface area contributed by atoms with E-state index in [0.717, 1.165) is 37.9 Å². The number of nitrogens with zero attached hydrogens (tertiary/aromatic N) is 2. The van der Waals surface area contributed by atoms with Crippen LogP contribution < -0.4 is 5.32 Å². The number of amides is 1. The Morgan fingerprint density at radius 1 is 1.52 bits per heavy atom. The fraction of sp³-hybridized carbons (Fsp3) is 0.733. The molecule has 1 aromatic rings. The lowest BCUT2D eigenvalue weighted by molar-refractivity contribution is -0.121. The number of aromatic amines is 1. The van der Waals surface area contributed by atoms with Crippen molar-refractivity contribution in [2.24, 2.45) is 0 Å². The smallest absolute Gasteiger partial charge is 0.220 e. The van der Waals surface area contributed by atoms with Crippen LogP contribution in [0.2, 0.25) is 0 Å². The Balaban J connectivity index is 1.55. The van der Waals surface area contributed by atoms with E-state index in [1.807, 2.05) is 6.20 Å². The number of likely N-dealkylation sites (tertiary alicyclic amines) is 1. The number of aliphatic hydroxyl groups excluding tert-OH is 1. The fourth-order valence-electron chi connectivity index (χ4n) is 2.83. The van der Waals surface area contributed by atoms with Crippen molar-refractivity contribution in [3.8, 4) is 0 Å². The van der Waals surface area contributed by atoms with Gasteiger partial charge in [-0.1, -0.05) is 6.42 Å². The maximum atomic E-state index is 11.7. The minimum Gasteiger partial charge on any atom is -0.395 e. The van der Waals surface area contributed by atoms with E-state index >= 15 is 0 Å². The van der Waals surface area contributed by atoms with Crippen LogP contribution in [0.3, 0.4) is 0 Å². The van der Waals surface area contributed by atoms with Gasteiger partial charge in [0.15, 0.2) is 0 Å². The van der Waals surface area contributed by atoms with E-state index in [-0.39, 0.29) is 12.5 Å². The molecule has 21 heavy (non-hydrogen) atoms. The van der Waals surface area contributed by atoms with Crippen LogP contribution in [0.1, 0.15) is 37.7 Å². The van der Waals surface area contributed by atoms with E-state index in [2.05, 4.69) is 20.4 Å². The highest BCUT2D eigenvalue weighted by atomic mass is 16.3. The summed E-state index contributed by atoms with van der Waals surface area (Å²) in [4.78, 5) is 14.1. The van der Waals surface area contributed by atoms with Crippen LogP contribution in [0, 0.1) is 0 Å². The zero-order valence-corrected chi connectivity index (χ0v) is 12.6. The minimum absolute atomic E-state index is 0.0913. The van der Waals surface area contributed by atoms with Gasteiger partial charge < -0.3 is 10.4 Å². The third kappa shape index (κ3) is 5.47. The Labute approximate surface area is 125 Å². The Hall–Kier alpha value is -1.40. The molecular formula is C15H26N4O2. The summed E-state index contributed by atoms with van der Waals surface area (Å²) in [6.07, 6.45) is 9.25. The minimum atomic E-state index is 0.0913. The molecule has 3 N–H and O–H groups in total. The van der Waals surface area contributed by atoms with Crippen molar-refractivity contribution in [1.29, 1.82) is 0 Å². The number of rotatable bonds is 8. The number of aryl methyl sites for hydroxylation is 1. The lowest BCUT2D eigenvalue weighted by Gasteiger charge is -2.34. The first kappa shape index (κ1) is 16.0. The molecule has 1 aliphatic heterocycles. The molecule has 0 aromatic carbocycles. The normalized spacial score (nSPS) is 19.6. The number of nitrogens with one attached hydrogen (secondary N) is 2. The van der Waals surface area contributed by atoms with Gasteiger partial charge in [-0.15, -0.1) is 0 Å². The molecule has 1 aliphatic rings. The molecule has 1 aromatic heterocycles. The molecule has 2 rings (SSSR count). The molecule has 0 spiro atoms. The number of piperidine rings is 1. The van der Waals surface area contributed by atoms with E-state index in [4.69, 9.17) is 0 Å². The lowest BCUT2D eigenvalue weighted by Crippen LogP contribution is -2.43. The molecule has 6 heteroatoms. The van der Waals surface area contributed by atoms with Gasteiger partial charge in [-0.05, 0) is 37.8 Å². The van der Waals surface area contributed by atoms with Crippen molar-refractivity contribution in [2.45, 2.75) is 44.6 Å². The third-order valence-corrected chi connectivity index (χ3v) is 4.10. The first-order valence-corrected chi connectivity index (χ1v) is 7.89. The SMILES string of the molecule is O=C(CCc1cn[nH]c1)NCCCN1CCCC[C@@H]1CO. The highest BCUT2D eigenvalue weighted by Crippen LogP contribution is 2.16. The molecule has 118 valence electrons. The van der Waals surface area contributed by atoms with E-state index in [1.54, 1.807) is 6.20 Å². The summed E-state index contributed by atoms with van der Waals surface area (Å²) < 4.78 is 0. The van der Waals surface area contributed by atoms with Crippen LogP contribution >= 0.6 is 0 Å². The number of hydrogen-bond acceptors (Lipinski definition) is 4. The molecule has 0 saturated carbocycles. The van der Waals surface area contributed by atoms with Gasteiger partial charge in [0.05, 0.1) is 12.8 Å². The van der Waals surface area contributed by atoms with Crippen LogP contribution in [0.4, 0.5) is 0 Å². The van der Waals surface area contributed by atoms with Crippen LogP contribution in [-0.2, 0) is 11.2 Å². The number of aliphatic hydroxyl groups is 1. The van der Waals surface area contributed by atoms with Crippen molar-refractivity contribution in [3.05, 3.63) is 18.0 Å². The van der Waals surface area contributed by atoms with Crippen molar-refractivity contribution < 1.29 is 9.90 Å². The van der Waals surface area contributed by atoms with E-state index in [0.29, 0.717) is 19.0 Å². The molecule has 2 heterocycles. The number of hydrogen-bond donors (Lipinski definition) is 3. The predicted molar refractivity (Wildman–Crippen MR) is 80.8 cm³/mol. The second-order valence-electron chi connectivity index (χ2n) is 5.68. The summed E-state index contributed by atoms with van der Waals surface area (Å²) in [6, 6.07) is 0.315. The van der Waals surface area contributed by atoms with Crippen LogP contribution in [0.5, 0.6) is 0 Å². The predicted octanol–water partition coefficient (Wildman–Crippen LogP) is 0.695. The summed E-state index contributed by atoms with van der Waals surface area (Å²) in [5.41, 5.74) is 1.06. The van der Waals surface area contributed by atoms with Gasteiger partial charge in [-0.2, -0.15) is 5.10 Å². The summed E-state index contributed by atoms with van der Waals surface area (Å²) in [7, 11) is 0. The summed E-state index contributed by atoms with van der Waals surface area (Å²) in [5, 5.41) is 18.9. The molecule has 0 radical (unpaired) electrons. The summed E-state index contributed by atoms with van der Waals surface area (Å²) in [6.45, 7) is 2.98. The van der Waals surface area contributed by atoms with Crippen molar-refractivity contribution >= 4 is 5.91 Å². The van der Waals surface area contributed by atoms with Crippen LogP contribution in [0.25, 0.3) is 0 Å². The number of H-pyrrole nitrogens is 1. The highest BCUT2D eigenvalue weighted by Gasteiger charge is 2.20. The quantitative estimate of drug-likeness (QED) is 0.616. The largest absolute Gasteiger partial charge is 0.395 e. The number of carbonyl (C=O) groups excluding carboxylic acids is 1. The lowest BCUT2D eigenvalue weighted by atomic mass is 10.0. The second-order valence-corrected chi connectivity index (χ2v) is 5.68. The monoisotopic (exact) mass is 294 g/mol. The van der Waals surface area contributed by atoms with Gasteiger partial charge in [0.25, 0.3) is 0 Å².